The molecule has 0 aliphatic rings. The summed E-state index contributed by atoms with van der Waals surface area (Å²) in [7, 11) is 0. The van der Waals surface area contributed by atoms with Crippen molar-refractivity contribution in [2.45, 2.75) is 0 Å². The van der Waals surface area contributed by atoms with Gasteiger partial charge < -0.3 is 0 Å². The summed E-state index contributed by atoms with van der Waals surface area (Å²) in [6.07, 6.45) is 1.97. The average Bonchev–Trinajstić information content (AvgIpc) is 3.53. The molecule has 220 valence electrons. The molecule has 6 heteroatoms. The highest BCUT2D eigenvalue weighted by Crippen LogP contribution is 2.36. The topological polar surface area (TPSA) is 64.5 Å². The van der Waals surface area contributed by atoms with Crippen molar-refractivity contribution in [3.05, 3.63) is 152 Å². The fourth-order valence-corrected chi connectivity index (χ4v) is 7.14. The predicted octanol–water partition coefficient (Wildman–Crippen LogP) is 10.5. The van der Waals surface area contributed by atoms with Gasteiger partial charge in [0.05, 0.1) is 21.6 Å². The number of fused-ring (bicyclic) bond motifs is 4. The maximum atomic E-state index is 5.08. The number of pyridine rings is 2. The second-order valence-electron chi connectivity index (χ2n) is 11.4. The number of rotatable bonds is 5. The minimum atomic E-state index is 0.627. The van der Waals surface area contributed by atoms with Crippen LogP contribution >= 0.6 is 11.3 Å². The van der Waals surface area contributed by atoms with E-state index >= 15 is 0 Å². The Kier molecular flexibility index (Phi) is 6.58. The molecule has 0 atom stereocenters. The lowest BCUT2D eigenvalue weighted by molar-refractivity contribution is 1.07. The van der Waals surface area contributed by atoms with Crippen LogP contribution in [0.25, 0.3) is 87.8 Å². The predicted molar refractivity (Wildman–Crippen MR) is 193 cm³/mol. The van der Waals surface area contributed by atoms with Crippen LogP contribution in [0.1, 0.15) is 0 Å². The van der Waals surface area contributed by atoms with Crippen LogP contribution in [0.15, 0.2) is 152 Å². The number of aromatic nitrogens is 5. The fourth-order valence-electron chi connectivity index (χ4n) is 6.08. The summed E-state index contributed by atoms with van der Waals surface area (Å²) in [6.45, 7) is 0. The Labute approximate surface area is 275 Å². The molecule has 9 rings (SSSR count). The molecule has 0 fully saturated rings. The molecule has 0 N–H and O–H groups in total. The summed E-state index contributed by atoms with van der Waals surface area (Å²) in [5.41, 5.74) is 7.61. The molecule has 0 spiro atoms. The summed E-state index contributed by atoms with van der Waals surface area (Å²) in [6, 6.07) is 49.7. The Morgan fingerprint density at radius 1 is 0.383 bits per heavy atom. The van der Waals surface area contributed by atoms with E-state index in [0.717, 1.165) is 50.1 Å². The SMILES string of the molecule is c1ccc(-c2nc(-c3ccccc3)nc(-c3cccc(-c4cccc5nc(-c6cc7c(cn6)sc6ccccc67)ccc45)c3)n2)cc1. The highest BCUT2D eigenvalue weighted by atomic mass is 32.1. The Hall–Kier alpha value is -6.11. The van der Waals surface area contributed by atoms with E-state index in [9.17, 15) is 0 Å². The van der Waals surface area contributed by atoms with Gasteiger partial charge in [-0.3, -0.25) is 4.98 Å². The summed E-state index contributed by atoms with van der Waals surface area (Å²) in [5, 5.41) is 3.54. The lowest BCUT2D eigenvalue weighted by Gasteiger charge is -2.11. The summed E-state index contributed by atoms with van der Waals surface area (Å²) >= 11 is 1.77. The van der Waals surface area contributed by atoms with E-state index in [1.165, 1.54) is 20.2 Å². The molecule has 0 amide bonds. The second kappa shape index (κ2) is 11.4. The molecule has 9 aromatic rings. The van der Waals surface area contributed by atoms with Gasteiger partial charge >= 0.3 is 0 Å². The molecule has 0 saturated carbocycles. The molecular formula is C41H25N5S. The van der Waals surface area contributed by atoms with Crippen molar-refractivity contribution >= 4 is 42.4 Å². The van der Waals surface area contributed by atoms with Crippen LogP contribution in [-0.2, 0) is 0 Å². The Morgan fingerprint density at radius 3 is 1.79 bits per heavy atom. The van der Waals surface area contributed by atoms with E-state index in [1.807, 2.05) is 66.9 Å². The molecule has 0 radical (unpaired) electrons. The number of hydrogen-bond acceptors (Lipinski definition) is 6. The maximum Gasteiger partial charge on any atom is 0.164 e. The zero-order valence-corrected chi connectivity index (χ0v) is 25.9. The molecule has 0 aliphatic carbocycles. The van der Waals surface area contributed by atoms with E-state index in [1.54, 1.807) is 11.3 Å². The minimum absolute atomic E-state index is 0.627. The Bertz CT molecular complexity index is 2520. The van der Waals surface area contributed by atoms with Gasteiger partial charge in [0.25, 0.3) is 0 Å². The first-order valence-electron chi connectivity index (χ1n) is 15.4. The highest BCUT2D eigenvalue weighted by Gasteiger charge is 2.15. The molecule has 5 nitrogen and oxygen atoms in total. The summed E-state index contributed by atoms with van der Waals surface area (Å²) in [4.78, 5) is 24.6. The van der Waals surface area contributed by atoms with E-state index in [2.05, 4.69) is 84.9 Å². The molecule has 0 bridgehead atoms. The first-order chi connectivity index (χ1) is 23.3. The van der Waals surface area contributed by atoms with Crippen molar-refractivity contribution in [3.8, 4) is 56.7 Å². The maximum absolute atomic E-state index is 5.08. The highest BCUT2D eigenvalue weighted by molar-refractivity contribution is 7.25. The summed E-state index contributed by atoms with van der Waals surface area (Å²) in [5.74, 6) is 1.91. The van der Waals surface area contributed by atoms with Crippen molar-refractivity contribution in [3.63, 3.8) is 0 Å². The Morgan fingerprint density at radius 2 is 1.02 bits per heavy atom. The molecule has 0 saturated heterocycles. The van der Waals surface area contributed by atoms with Gasteiger partial charge in [-0.25, -0.2) is 19.9 Å². The van der Waals surface area contributed by atoms with Crippen LogP contribution < -0.4 is 0 Å². The van der Waals surface area contributed by atoms with Crippen molar-refractivity contribution in [1.29, 1.82) is 0 Å². The van der Waals surface area contributed by atoms with Crippen molar-refractivity contribution in [2.24, 2.45) is 0 Å². The van der Waals surface area contributed by atoms with Gasteiger partial charge in [0, 0.05) is 43.7 Å². The molecule has 4 aromatic heterocycles. The van der Waals surface area contributed by atoms with Crippen molar-refractivity contribution in [2.75, 3.05) is 0 Å². The molecule has 4 heterocycles. The normalized spacial score (nSPS) is 11.4. The molecule has 0 unspecified atom stereocenters. The minimum Gasteiger partial charge on any atom is -0.253 e. The van der Waals surface area contributed by atoms with E-state index in [4.69, 9.17) is 24.9 Å². The van der Waals surface area contributed by atoms with Crippen LogP contribution in [0.5, 0.6) is 0 Å². The first kappa shape index (κ1) is 27.2. The zero-order valence-electron chi connectivity index (χ0n) is 25.1. The van der Waals surface area contributed by atoms with Gasteiger partial charge in [-0.2, -0.15) is 0 Å². The fraction of sp³-hybridized carbons (Fsp3) is 0. The quantitative estimate of drug-likeness (QED) is 0.192. The van der Waals surface area contributed by atoms with Gasteiger partial charge in [0.15, 0.2) is 17.5 Å². The number of hydrogen-bond donors (Lipinski definition) is 0. The molecular weight excluding hydrogens is 595 g/mol. The zero-order chi connectivity index (χ0) is 31.2. The average molecular weight is 620 g/mol. The number of nitrogens with zero attached hydrogens (tertiary/aromatic N) is 5. The monoisotopic (exact) mass is 619 g/mol. The van der Waals surface area contributed by atoms with Crippen LogP contribution in [0.2, 0.25) is 0 Å². The smallest absolute Gasteiger partial charge is 0.164 e. The van der Waals surface area contributed by atoms with E-state index < -0.39 is 0 Å². The molecule has 5 aromatic carbocycles. The third-order valence-corrected chi connectivity index (χ3v) is 9.51. The van der Waals surface area contributed by atoms with Crippen molar-refractivity contribution < 1.29 is 0 Å². The summed E-state index contributed by atoms with van der Waals surface area (Å²) < 4.78 is 2.45. The van der Waals surface area contributed by atoms with Gasteiger partial charge in [-0.15, -0.1) is 11.3 Å². The van der Waals surface area contributed by atoms with Gasteiger partial charge in [-0.05, 0) is 47.5 Å². The number of benzene rings is 5. The van der Waals surface area contributed by atoms with Gasteiger partial charge in [-0.1, -0.05) is 109 Å². The lowest BCUT2D eigenvalue weighted by atomic mass is 9.98. The lowest BCUT2D eigenvalue weighted by Crippen LogP contribution is -2.00. The van der Waals surface area contributed by atoms with Crippen molar-refractivity contribution in [1.82, 2.24) is 24.9 Å². The van der Waals surface area contributed by atoms with Crippen LogP contribution in [0.4, 0.5) is 0 Å². The van der Waals surface area contributed by atoms with E-state index in [-0.39, 0.29) is 0 Å². The Balaban J connectivity index is 1.12. The van der Waals surface area contributed by atoms with Crippen LogP contribution in [0.3, 0.4) is 0 Å². The van der Waals surface area contributed by atoms with Gasteiger partial charge in [0.1, 0.15) is 0 Å². The largest absolute Gasteiger partial charge is 0.253 e. The van der Waals surface area contributed by atoms with Gasteiger partial charge in [0.2, 0.25) is 0 Å². The second-order valence-corrected chi connectivity index (χ2v) is 12.4. The third-order valence-electron chi connectivity index (χ3n) is 8.39. The van der Waals surface area contributed by atoms with Crippen LogP contribution in [0, 0.1) is 0 Å². The molecule has 47 heavy (non-hydrogen) atoms. The van der Waals surface area contributed by atoms with E-state index in [0.29, 0.717) is 17.5 Å². The van der Waals surface area contributed by atoms with Crippen LogP contribution in [-0.4, -0.2) is 24.9 Å². The standard InChI is InChI=1S/C41H25N5S/c1-3-11-26(12-4-1)39-44-40(27-13-5-2-6-14-27)46-41(45-39)29-16-9-15-28(23-29)30-18-10-19-34-31(30)21-22-35(43-34)36-24-33-32-17-7-8-20-37(32)47-38(33)25-42-36/h1-25H. The molecule has 0 aliphatic heterocycles. The third kappa shape index (κ3) is 5.01. The first-order valence-corrected chi connectivity index (χ1v) is 16.2. The number of thiophene rings is 1.